The lowest BCUT2D eigenvalue weighted by Crippen LogP contribution is -2.52. The number of cyclic esters (lactones) is 1. The fourth-order valence-electron chi connectivity index (χ4n) is 5.15. The number of benzene rings is 2. The lowest BCUT2D eigenvalue weighted by molar-refractivity contribution is -0.185. The van der Waals surface area contributed by atoms with Gasteiger partial charge >= 0.3 is 5.97 Å². The Labute approximate surface area is 188 Å². The molecule has 4 rings (SSSR count). The van der Waals surface area contributed by atoms with Crippen LogP contribution in [0.4, 0.5) is 0 Å². The highest BCUT2D eigenvalue weighted by atomic mass is 35.5. The van der Waals surface area contributed by atoms with E-state index in [2.05, 4.69) is 0 Å². The van der Waals surface area contributed by atoms with Crippen LogP contribution in [0.1, 0.15) is 49.7 Å². The molecular weight excluding hydrogens is 412 g/mol. The molecule has 1 saturated heterocycles. The van der Waals surface area contributed by atoms with E-state index in [1.54, 1.807) is 7.11 Å². The van der Waals surface area contributed by atoms with E-state index < -0.39 is 11.5 Å². The third-order valence-corrected chi connectivity index (χ3v) is 7.18. The summed E-state index contributed by atoms with van der Waals surface area (Å²) in [6, 6.07) is 15.4. The first kappa shape index (κ1) is 21.9. The molecule has 0 N–H and O–H groups in total. The summed E-state index contributed by atoms with van der Waals surface area (Å²) in [5.41, 5.74) is 1.33. The summed E-state index contributed by atoms with van der Waals surface area (Å²) >= 11 is 6.29. The van der Waals surface area contributed by atoms with Crippen molar-refractivity contribution in [2.24, 2.45) is 11.8 Å². The van der Waals surface area contributed by atoms with E-state index >= 15 is 0 Å². The second-order valence-electron chi connectivity index (χ2n) is 8.82. The molecule has 164 valence electrons. The molecule has 2 unspecified atom stereocenters. The van der Waals surface area contributed by atoms with Gasteiger partial charge in [0.25, 0.3) is 0 Å². The van der Waals surface area contributed by atoms with Crippen molar-refractivity contribution >= 4 is 23.4 Å². The average molecular weight is 441 g/mol. The zero-order chi connectivity index (χ0) is 21.8. The first-order valence-electron chi connectivity index (χ1n) is 11.1. The van der Waals surface area contributed by atoms with Crippen molar-refractivity contribution in [2.45, 2.75) is 57.0 Å². The van der Waals surface area contributed by atoms with Crippen LogP contribution in [0, 0.1) is 11.8 Å². The molecule has 1 aliphatic heterocycles. The number of esters is 1. The van der Waals surface area contributed by atoms with Crippen molar-refractivity contribution in [1.29, 1.82) is 0 Å². The Morgan fingerprint density at radius 3 is 2.45 bits per heavy atom. The molecule has 2 aromatic carbocycles. The lowest BCUT2D eigenvalue weighted by Gasteiger charge is -2.43. The molecule has 4 nitrogen and oxygen atoms in total. The highest BCUT2D eigenvalue weighted by Gasteiger charge is 2.51. The van der Waals surface area contributed by atoms with Gasteiger partial charge in [-0.25, -0.2) is 0 Å². The van der Waals surface area contributed by atoms with Gasteiger partial charge in [0.2, 0.25) is 0 Å². The van der Waals surface area contributed by atoms with Gasteiger partial charge < -0.3 is 9.47 Å². The average Bonchev–Trinajstić information content (AvgIpc) is 3.31. The van der Waals surface area contributed by atoms with Gasteiger partial charge in [-0.05, 0) is 61.3 Å². The topological polar surface area (TPSA) is 52.6 Å². The zero-order valence-corrected chi connectivity index (χ0v) is 18.7. The van der Waals surface area contributed by atoms with E-state index in [-0.39, 0.29) is 17.7 Å². The van der Waals surface area contributed by atoms with Crippen molar-refractivity contribution in [1.82, 2.24) is 0 Å². The predicted octanol–water partition coefficient (Wildman–Crippen LogP) is 5.59. The summed E-state index contributed by atoms with van der Waals surface area (Å²) in [5.74, 6) is -0.169. The molecule has 2 fully saturated rings. The quantitative estimate of drug-likeness (QED) is 0.416. The Hall–Kier alpha value is -2.33. The van der Waals surface area contributed by atoms with Crippen LogP contribution in [0.5, 0.6) is 5.75 Å². The Balaban J connectivity index is 1.52. The van der Waals surface area contributed by atoms with Gasteiger partial charge in [-0.3, -0.25) is 9.59 Å². The highest BCUT2D eigenvalue weighted by molar-refractivity contribution is 6.32. The first-order valence-corrected chi connectivity index (χ1v) is 11.5. The number of ketones is 1. The van der Waals surface area contributed by atoms with Crippen molar-refractivity contribution in [3.8, 4) is 5.75 Å². The summed E-state index contributed by atoms with van der Waals surface area (Å²) in [4.78, 5) is 26.2. The minimum absolute atomic E-state index is 0.0137. The molecule has 31 heavy (non-hydrogen) atoms. The predicted molar refractivity (Wildman–Crippen MR) is 120 cm³/mol. The van der Waals surface area contributed by atoms with E-state index in [4.69, 9.17) is 21.1 Å². The number of ether oxygens (including phenoxy) is 2. The van der Waals surface area contributed by atoms with Gasteiger partial charge in [-0.1, -0.05) is 60.8 Å². The van der Waals surface area contributed by atoms with E-state index in [1.165, 1.54) is 0 Å². The number of carbonyl (C=O) groups excluding carboxylic acids is 2. The molecule has 1 aliphatic carbocycles. The number of methoxy groups -OCH3 is 1. The van der Waals surface area contributed by atoms with E-state index in [9.17, 15) is 9.59 Å². The fraction of sp³-hybridized carbons (Fsp3) is 0.462. The minimum atomic E-state index is -0.704. The van der Waals surface area contributed by atoms with Crippen LogP contribution in [0.15, 0.2) is 48.5 Å². The number of hydrogen-bond donors (Lipinski definition) is 0. The summed E-state index contributed by atoms with van der Waals surface area (Å²) < 4.78 is 11.4. The molecule has 1 heterocycles. The first-order chi connectivity index (χ1) is 15.0. The maximum absolute atomic E-state index is 13.2. The third-order valence-electron chi connectivity index (χ3n) is 6.89. The smallest absolute Gasteiger partial charge is 0.317 e. The molecule has 0 radical (unpaired) electrons. The van der Waals surface area contributed by atoms with Crippen molar-refractivity contribution in [2.75, 3.05) is 7.11 Å². The van der Waals surface area contributed by atoms with Crippen molar-refractivity contribution < 1.29 is 19.1 Å². The maximum Gasteiger partial charge on any atom is 0.317 e. The molecule has 5 heteroatoms. The highest BCUT2D eigenvalue weighted by Crippen LogP contribution is 2.45. The monoisotopic (exact) mass is 440 g/mol. The zero-order valence-electron chi connectivity index (χ0n) is 17.9. The summed E-state index contributed by atoms with van der Waals surface area (Å²) in [5, 5.41) is 0.564. The van der Waals surface area contributed by atoms with E-state index in [0.717, 1.165) is 36.8 Å². The van der Waals surface area contributed by atoms with E-state index in [0.29, 0.717) is 36.5 Å². The number of Topliss-reactive ketones (excluding diaryl/α,β-unsaturated/α-hetero) is 1. The van der Waals surface area contributed by atoms with Crippen LogP contribution in [0.3, 0.4) is 0 Å². The van der Waals surface area contributed by atoms with Gasteiger partial charge in [-0.15, -0.1) is 0 Å². The Morgan fingerprint density at radius 2 is 1.81 bits per heavy atom. The maximum atomic E-state index is 13.2. The molecule has 0 spiro atoms. The molecular formula is C26H29ClO4. The summed E-state index contributed by atoms with van der Waals surface area (Å²) in [6.45, 7) is 0. The normalized spacial score (nSPS) is 24.3. The SMILES string of the molecule is COc1ccc(CCC2(C3CCCC3)CC(=O)C(Cc3ccccc3)C(=O)O2)cc1Cl. The molecule has 0 amide bonds. The summed E-state index contributed by atoms with van der Waals surface area (Å²) in [6.07, 6.45) is 6.32. The van der Waals surface area contributed by atoms with Gasteiger partial charge in [0.1, 0.15) is 17.3 Å². The van der Waals surface area contributed by atoms with Crippen molar-refractivity contribution in [3.05, 3.63) is 64.7 Å². The molecule has 2 aliphatic rings. The Kier molecular flexibility index (Phi) is 6.66. The van der Waals surface area contributed by atoms with Crippen LogP contribution >= 0.6 is 11.6 Å². The van der Waals surface area contributed by atoms with Crippen LogP contribution in [-0.2, 0) is 27.2 Å². The van der Waals surface area contributed by atoms with Crippen LogP contribution in [0.25, 0.3) is 0 Å². The standard InChI is InChI=1S/C26H29ClO4/c1-30-24-12-11-19(16-22(24)27)13-14-26(20-9-5-6-10-20)17-23(28)21(25(29)31-26)15-18-7-3-2-4-8-18/h2-4,7-8,11-12,16,20-21H,5-6,9-10,13-15,17H2,1H3. The van der Waals surface area contributed by atoms with Crippen LogP contribution in [-0.4, -0.2) is 24.5 Å². The molecule has 1 saturated carbocycles. The number of carbonyl (C=O) groups is 2. The number of halogens is 1. The second-order valence-corrected chi connectivity index (χ2v) is 9.23. The van der Waals surface area contributed by atoms with Crippen LogP contribution < -0.4 is 4.74 Å². The van der Waals surface area contributed by atoms with E-state index in [1.807, 2.05) is 48.5 Å². The van der Waals surface area contributed by atoms with Gasteiger partial charge in [-0.2, -0.15) is 0 Å². The minimum Gasteiger partial charge on any atom is -0.495 e. The lowest BCUT2D eigenvalue weighted by atomic mass is 9.73. The number of hydrogen-bond acceptors (Lipinski definition) is 4. The van der Waals surface area contributed by atoms with Crippen LogP contribution in [0.2, 0.25) is 5.02 Å². The van der Waals surface area contributed by atoms with Gasteiger partial charge in [0.15, 0.2) is 5.78 Å². The number of aryl methyl sites for hydroxylation is 1. The molecule has 2 aromatic rings. The molecule has 2 atom stereocenters. The summed E-state index contributed by atoms with van der Waals surface area (Å²) in [7, 11) is 1.59. The Morgan fingerprint density at radius 1 is 1.06 bits per heavy atom. The fourth-order valence-corrected chi connectivity index (χ4v) is 5.43. The Bertz CT molecular complexity index is 916. The van der Waals surface area contributed by atoms with Gasteiger partial charge in [0.05, 0.1) is 12.1 Å². The molecule has 0 bridgehead atoms. The second kappa shape index (κ2) is 9.44. The third kappa shape index (κ3) is 4.79. The van der Waals surface area contributed by atoms with Gasteiger partial charge in [0, 0.05) is 6.42 Å². The molecule has 0 aromatic heterocycles. The largest absolute Gasteiger partial charge is 0.495 e. The van der Waals surface area contributed by atoms with Crippen molar-refractivity contribution in [3.63, 3.8) is 0 Å². The number of rotatable bonds is 7.